The number of aryl methyl sites for hydroxylation is 1. The molecule has 1 aromatic carbocycles. The van der Waals surface area contributed by atoms with Crippen LogP contribution in [0.15, 0.2) is 24.3 Å². The lowest BCUT2D eigenvalue weighted by Gasteiger charge is -2.18. The molecule has 17 heavy (non-hydrogen) atoms. The molecular formula is C14H19N3. The van der Waals surface area contributed by atoms with Crippen molar-refractivity contribution in [2.45, 2.75) is 38.3 Å². The lowest BCUT2D eigenvalue weighted by atomic mass is 10.1. The lowest BCUT2D eigenvalue weighted by molar-refractivity contribution is 0.638. The van der Waals surface area contributed by atoms with E-state index >= 15 is 0 Å². The molecule has 0 saturated heterocycles. The third kappa shape index (κ3) is 1.80. The van der Waals surface area contributed by atoms with Crippen molar-refractivity contribution in [3.05, 3.63) is 30.0 Å². The highest BCUT2D eigenvalue weighted by molar-refractivity contribution is 5.94. The summed E-state index contributed by atoms with van der Waals surface area (Å²) in [7, 11) is 0. The molecular weight excluding hydrogens is 210 g/mol. The Labute approximate surface area is 101 Å². The van der Waals surface area contributed by atoms with Crippen LogP contribution in [-0.4, -0.2) is 17.1 Å². The third-order valence-corrected chi connectivity index (χ3v) is 3.79. The molecule has 90 valence electrons. The fraction of sp³-hybridized carbons (Fsp3) is 0.429. The second-order valence-corrected chi connectivity index (χ2v) is 5.02. The molecule has 1 aliphatic rings. The Kier molecular flexibility index (Phi) is 2.56. The predicted molar refractivity (Wildman–Crippen MR) is 72.3 cm³/mol. The summed E-state index contributed by atoms with van der Waals surface area (Å²) in [5, 5.41) is 4.89. The van der Waals surface area contributed by atoms with Gasteiger partial charge in [-0.05, 0) is 32.3 Å². The summed E-state index contributed by atoms with van der Waals surface area (Å²) in [6.07, 6.45) is 3.55. The number of nitrogens with two attached hydrogens (primary N) is 1. The van der Waals surface area contributed by atoms with Gasteiger partial charge in [-0.15, -0.1) is 0 Å². The van der Waals surface area contributed by atoms with Gasteiger partial charge in [0.25, 0.3) is 0 Å². The molecule has 0 aliphatic heterocycles. The molecule has 4 N–H and O–H groups in total. The summed E-state index contributed by atoms with van der Waals surface area (Å²) in [5.41, 5.74) is 9.73. The highest BCUT2D eigenvalue weighted by Gasteiger charge is 2.24. The Morgan fingerprint density at radius 2 is 2.12 bits per heavy atom. The van der Waals surface area contributed by atoms with Crippen LogP contribution in [0.4, 0.5) is 5.69 Å². The van der Waals surface area contributed by atoms with Gasteiger partial charge in [0.2, 0.25) is 0 Å². The molecule has 3 rings (SSSR count). The van der Waals surface area contributed by atoms with Crippen molar-refractivity contribution in [3.8, 4) is 0 Å². The number of H-pyrrole nitrogens is 1. The van der Waals surface area contributed by atoms with E-state index < -0.39 is 0 Å². The third-order valence-electron chi connectivity index (χ3n) is 3.79. The number of benzene rings is 1. The largest absolute Gasteiger partial charge is 0.379 e. The summed E-state index contributed by atoms with van der Waals surface area (Å²) in [4.78, 5) is 3.41. The van der Waals surface area contributed by atoms with Gasteiger partial charge < -0.3 is 16.0 Å². The Bertz CT molecular complexity index is 529. The van der Waals surface area contributed by atoms with Gasteiger partial charge in [-0.25, -0.2) is 0 Å². The Hall–Kier alpha value is -1.48. The normalized spacial score (nSPS) is 24.4. The van der Waals surface area contributed by atoms with E-state index in [0.717, 1.165) is 6.42 Å². The molecule has 1 aromatic heterocycles. The summed E-state index contributed by atoms with van der Waals surface area (Å²) in [5.74, 6) is 0. The van der Waals surface area contributed by atoms with Crippen LogP contribution in [0, 0.1) is 6.92 Å². The van der Waals surface area contributed by atoms with E-state index in [9.17, 15) is 0 Å². The van der Waals surface area contributed by atoms with Crippen LogP contribution in [0.5, 0.6) is 0 Å². The Balaban J connectivity index is 1.96. The number of para-hydroxylation sites is 1. The molecule has 1 heterocycles. The maximum absolute atomic E-state index is 6.12. The summed E-state index contributed by atoms with van der Waals surface area (Å²) < 4.78 is 0. The number of nitrogens with one attached hydrogen (secondary N) is 2. The summed E-state index contributed by atoms with van der Waals surface area (Å²) >= 11 is 0. The molecule has 3 heteroatoms. The minimum Gasteiger partial charge on any atom is -0.379 e. The highest BCUT2D eigenvalue weighted by atomic mass is 15.0. The summed E-state index contributed by atoms with van der Waals surface area (Å²) in [6, 6.07) is 9.12. The minimum atomic E-state index is 0.295. The first kappa shape index (κ1) is 10.7. The van der Waals surface area contributed by atoms with E-state index in [4.69, 9.17) is 5.73 Å². The maximum atomic E-state index is 6.12. The number of hydrogen-bond acceptors (Lipinski definition) is 2. The minimum absolute atomic E-state index is 0.295. The van der Waals surface area contributed by atoms with E-state index in [-0.39, 0.29) is 0 Å². The Morgan fingerprint density at radius 3 is 2.88 bits per heavy atom. The SMILES string of the molecule is Cc1[nH]c2ccccc2c1NC1CCCC1N. The average Bonchev–Trinajstić information content (AvgIpc) is 2.85. The molecule has 3 nitrogen and oxygen atoms in total. The van der Waals surface area contributed by atoms with Crippen LogP contribution in [0.1, 0.15) is 25.0 Å². The predicted octanol–water partition coefficient (Wildman–Crippen LogP) is 2.77. The van der Waals surface area contributed by atoms with E-state index in [0.29, 0.717) is 12.1 Å². The van der Waals surface area contributed by atoms with Gasteiger partial charge in [-0.2, -0.15) is 0 Å². The zero-order valence-corrected chi connectivity index (χ0v) is 10.2. The quantitative estimate of drug-likeness (QED) is 0.741. The van der Waals surface area contributed by atoms with Crippen molar-refractivity contribution in [2.75, 3.05) is 5.32 Å². The maximum Gasteiger partial charge on any atom is 0.0630 e. The van der Waals surface area contributed by atoms with Crippen molar-refractivity contribution in [1.82, 2.24) is 4.98 Å². The molecule has 0 amide bonds. The first-order chi connectivity index (χ1) is 8.25. The first-order valence-electron chi connectivity index (χ1n) is 6.35. The van der Waals surface area contributed by atoms with Crippen LogP contribution in [0.3, 0.4) is 0 Å². The van der Waals surface area contributed by atoms with Crippen molar-refractivity contribution in [3.63, 3.8) is 0 Å². The number of aromatic amines is 1. The van der Waals surface area contributed by atoms with Crippen LogP contribution < -0.4 is 11.1 Å². The van der Waals surface area contributed by atoms with Gasteiger partial charge >= 0.3 is 0 Å². The van der Waals surface area contributed by atoms with E-state index in [1.54, 1.807) is 0 Å². The second-order valence-electron chi connectivity index (χ2n) is 5.02. The van der Waals surface area contributed by atoms with Crippen LogP contribution in [-0.2, 0) is 0 Å². The number of fused-ring (bicyclic) bond motifs is 1. The van der Waals surface area contributed by atoms with Gasteiger partial charge in [-0.3, -0.25) is 0 Å². The van der Waals surface area contributed by atoms with Crippen LogP contribution in [0.2, 0.25) is 0 Å². The van der Waals surface area contributed by atoms with Gasteiger partial charge in [-0.1, -0.05) is 18.2 Å². The molecule has 1 saturated carbocycles. The van der Waals surface area contributed by atoms with Crippen molar-refractivity contribution >= 4 is 16.6 Å². The molecule has 1 fully saturated rings. The number of anilines is 1. The average molecular weight is 229 g/mol. The highest BCUT2D eigenvalue weighted by Crippen LogP contribution is 2.30. The lowest BCUT2D eigenvalue weighted by Crippen LogP contribution is -2.35. The fourth-order valence-electron chi connectivity index (χ4n) is 2.82. The standard InChI is InChI=1S/C14H19N3/c1-9-14(17-13-8-4-6-11(13)15)10-5-2-3-7-12(10)16-9/h2-3,5,7,11,13,16-17H,4,6,8,15H2,1H3. The molecule has 2 unspecified atom stereocenters. The topological polar surface area (TPSA) is 53.8 Å². The molecule has 0 bridgehead atoms. The smallest absolute Gasteiger partial charge is 0.0630 e. The van der Waals surface area contributed by atoms with Crippen LogP contribution in [0.25, 0.3) is 10.9 Å². The van der Waals surface area contributed by atoms with Gasteiger partial charge in [0.1, 0.15) is 0 Å². The number of hydrogen-bond donors (Lipinski definition) is 3. The van der Waals surface area contributed by atoms with Gasteiger partial charge in [0.05, 0.1) is 5.69 Å². The Morgan fingerprint density at radius 1 is 1.29 bits per heavy atom. The molecule has 2 aromatic rings. The van der Waals surface area contributed by atoms with E-state index in [2.05, 4.69) is 41.5 Å². The summed E-state index contributed by atoms with van der Waals surface area (Å²) in [6.45, 7) is 2.11. The van der Waals surface area contributed by atoms with Gasteiger partial charge in [0.15, 0.2) is 0 Å². The van der Waals surface area contributed by atoms with Crippen molar-refractivity contribution in [2.24, 2.45) is 5.73 Å². The number of aromatic nitrogens is 1. The van der Waals surface area contributed by atoms with Gasteiger partial charge in [0, 0.05) is 28.7 Å². The van der Waals surface area contributed by atoms with Crippen molar-refractivity contribution < 1.29 is 0 Å². The number of rotatable bonds is 2. The molecule has 2 atom stereocenters. The van der Waals surface area contributed by atoms with Crippen LogP contribution >= 0.6 is 0 Å². The molecule has 0 radical (unpaired) electrons. The molecule has 0 spiro atoms. The monoisotopic (exact) mass is 229 g/mol. The zero-order valence-electron chi connectivity index (χ0n) is 10.2. The van der Waals surface area contributed by atoms with Crippen molar-refractivity contribution in [1.29, 1.82) is 0 Å². The van der Waals surface area contributed by atoms with E-state index in [1.807, 2.05) is 0 Å². The second kappa shape index (κ2) is 4.08. The first-order valence-corrected chi connectivity index (χ1v) is 6.35. The fourth-order valence-corrected chi connectivity index (χ4v) is 2.82. The zero-order chi connectivity index (χ0) is 11.8. The molecule has 1 aliphatic carbocycles. The van der Waals surface area contributed by atoms with E-state index in [1.165, 1.54) is 35.1 Å².